The minimum absolute atomic E-state index is 0.633. The number of hydrogen-bond acceptors (Lipinski definition) is 5. The molecule has 1 aromatic heterocycles. The Bertz CT molecular complexity index is 321. The Kier molecular flexibility index (Phi) is 7.92. The third-order valence-electron chi connectivity index (χ3n) is 2.32. The number of nitrogens with one attached hydrogen (secondary N) is 2. The van der Waals surface area contributed by atoms with E-state index in [1.54, 1.807) is 7.11 Å². The molecule has 0 unspecified atom stereocenters. The van der Waals surface area contributed by atoms with E-state index in [2.05, 4.69) is 28.6 Å². The van der Waals surface area contributed by atoms with Gasteiger partial charge in [-0.3, -0.25) is 4.98 Å². The first-order chi connectivity index (χ1) is 8.86. The van der Waals surface area contributed by atoms with Crippen molar-refractivity contribution in [2.24, 2.45) is 0 Å². The van der Waals surface area contributed by atoms with Crippen LogP contribution in [0, 0.1) is 0 Å². The van der Waals surface area contributed by atoms with E-state index in [0.29, 0.717) is 19.8 Å². The Labute approximate surface area is 109 Å². The maximum atomic E-state index is 5.37. The minimum atomic E-state index is 0.633. The van der Waals surface area contributed by atoms with Crippen LogP contribution in [-0.4, -0.2) is 45.0 Å². The standard InChI is InChI=1S/C13H23N3O2/c1-3-4-15-12-9-13(11-14-10-12)16-5-6-18-8-7-17-2/h9-11,15-16H,3-8H2,1-2H3. The van der Waals surface area contributed by atoms with E-state index >= 15 is 0 Å². The molecule has 0 aliphatic heterocycles. The van der Waals surface area contributed by atoms with Crippen molar-refractivity contribution in [1.82, 2.24) is 4.98 Å². The number of hydrogen-bond donors (Lipinski definition) is 2. The Morgan fingerprint density at radius 3 is 2.44 bits per heavy atom. The van der Waals surface area contributed by atoms with Crippen LogP contribution in [0.25, 0.3) is 0 Å². The molecule has 102 valence electrons. The summed E-state index contributed by atoms with van der Waals surface area (Å²) in [4.78, 5) is 4.18. The highest BCUT2D eigenvalue weighted by Gasteiger charge is 1.96. The van der Waals surface area contributed by atoms with Crippen molar-refractivity contribution in [3.05, 3.63) is 18.5 Å². The molecule has 1 rings (SSSR count). The topological polar surface area (TPSA) is 55.4 Å². The summed E-state index contributed by atoms with van der Waals surface area (Å²) in [6, 6.07) is 2.05. The highest BCUT2D eigenvalue weighted by molar-refractivity contribution is 5.53. The predicted octanol–water partition coefficient (Wildman–Crippen LogP) is 1.98. The van der Waals surface area contributed by atoms with Crippen LogP contribution in [-0.2, 0) is 9.47 Å². The van der Waals surface area contributed by atoms with Crippen molar-refractivity contribution in [2.75, 3.05) is 50.7 Å². The number of nitrogens with zero attached hydrogens (tertiary/aromatic N) is 1. The van der Waals surface area contributed by atoms with Gasteiger partial charge in [-0.2, -0.15) is 0 Å². The summed E-state index contributed by atoms with van der Waals surface area (Å²) in [6.45, 7) is 5.80. The minimum Gasteiger partial charge on any atom is -0.384 e. The lowest BCUT2D eigenvalue weighted by Gasteiger charge is -2.09. The zero-order valence-corrected chi connectivity index (χ0v) is 11.2. The average molecular weight is 253 g/mol. The fraction of sp³-hybridized carbons (Fsp3) is 0.615. The first-order valence-corrected chi connectivity index (χ1v) is 6.36. The van der Waals surface area contributed by atoms with Gasteiger partial charge in [-0.25, -0.2) is 0 Å². The van der Waals surface area contributed by atoms with E-state index in [1.807, 2.05) is 12.4 Å². The summed E-state index contributed by atoms with van der Waals surface area (Å²) < 4.78 is 10.3. The fourth-order valence-corrected chi connectivity index (χ4v) is 1.41. The largest absolute Gasteiger partial charge is 0.384 e. The summed E-state index contributed by atoms with van der Waals surface area (Å²) in [5, 5.41) is 6.57. The normalized spacial score (nSPS) is 10.3. The van der Waals surface area contributed by atoms with E-state index in [-0.39, 0.29) is 0 Å². The first kappa shape index (κ1) is 14.7. The molecule has 0 aromatic carbocycles. The van der Waals surface area contributed by atoms with Crippen LogP contribution in [0.1, 0.15) is 13.3 Å². The summed E-state index contributed by atoms with van der Waals surface area (Å²) in [5.41, 5.74) is 2.05. The summed E-state index contributed by atoms with van der Waals surface area (Å²) >= 11 is 0. The number of methoxy groups -OCH3 is 1. The molecule has 0 spiro atoms. The number of anilines is 2. The van der Waals surface area contributed by atoms with Gasteiger partial charge in [0.15, 0.2) is 0 Å². The van der Waals surface area contributed by atoms with Crippen molar-refractivity contribution in [3.63, 3.8) is 0 Å². The molecule has 0 fully saturated rings. The van der Waals surface area contributed by atoms with Crippen molar-refractivity contribution in [1.29, 1.82) is 0 Å². The van der Waals surface area contributed by atoms with Crippen LogP contribution < -0.4 is 10.6 Å². The Morgan fingerprint density at radius 1 is 1.06 bits per heavy atom. The van der Waals surface area contributed by atoms with E-state index in [9.17, 15) is 0 Å². The molecule has 1 aromatic rings. The summed E-state index contributed by atoms with van der Waals surface area (Å²) in [7, 11) is 1.67. The predicted molar refractivity (Wildman–Crippen MR) is 74.2 cm³/mol. The molecule has 0 atom stereocenters. The molecule has 0 aliphatic rings. The maximum absolute atomic E-state index is 5.37. The molecular weight excluding hydrogens is 230 g/mol. The van der Waals surface area contributed by atoms with Crippen LogP contribution in [0.4, 0.5) is 11.4 Å². The van der Waals surface area contributed by atoms with E-state index < -0.39 is 0 Å². The van der Waals surface area contributed by atoms with Crippen LogP contribution >= 0.6 is 0 Å². The second-order valence-electron chi connectivity index (χ2n) is 3.92. The maximum Gasteiger partial charge on any atom is 0.0701 e. The number of ether oxygens (including phenoxy) is 2. The second-order valence-corrected chi connectivity index (χ2v) is 3.92. The van der Waals surface area contributed by atoms with Gasteiger partial charge in [0.05, 0.1) is 43.6 Å². The first-order valence-electron chi connectivity index (χ1n) is 6.36. The molecule has 0 bridgehead atoms. The van der Waals surface area contributed by atoms with Crippen LogP contribution in [0.5, 0.6) is 0 Å². The third kappa shape index (κ3) is 6.42. The molecule has 0 saturated carbocycles. The zero-order valence-electron chi connectivity index (χ0n) is 11.2. The van der Waals surface area contributed by atoms with Crippen molar-refractivity contribution in [3.8, 4) is 0 Å². The van der Waals surface area contributed by atoms with Crippen molar-refractivity contribution in [2.45, 2.75) is 13.3 Å². The second kappa shape index (κ2) is 9.67. The molecule has 1 heterocycles. The number of pyridine rings is 1. The molecule has 2 N–H and O–H groups in total. The van der Waals surface area contributed by atoms with Gasteiger partial charge in [0.2, 0.25) is 0 Å². The van der Waals surface area contributed by atoms with Crippen LogP contribution in [0.2, 0.25) is 0 Å². The van der Waals surface area contributed by atoms with Gasteiger partial charge in [0, 0.05) is 20.2 Å². The SMILES string of the molecule is CCCNc1cncc(NCCOCCOC)c1. The quantitative estimate of drug-likeness (QED) is 0.624. The zero-order chi connectivity index (χ0) is 13.1. The Balaban J connectivity index is 2.20. The van der Waals surface area contributed by atoms with Crippen LogP contribution in [0.3, 0.4) is 0 Å². The van der Waals surface area contributed by atoms with Crippen molar-refractivity contribution < 1.29 is 9.47 Å². The van der Waals surface area contributed by atoms with E-state index in [4.69, 9.17) is 9.47 Å². The van der Waals surface area contributed by atoms with E-state index in [1.165, 1.54) is 0 Å². The average Bonchev–Trinajstić information content (AvgIpc) is 2.41. The Hall–Kier alpha value is -1.33. The van der Waals surface area contributed by atoms with Gasteiger partial charge in [-0.15, -0.1) is 0 Å². The van der Waals surface area contributed by atoms with Gasteiger partial charge in [-0.05, 0) is 12.5 Å². The molecule has 0 aliphatic carbocycles. The molecule has 18 heavy (non-hydrogen) atoms. The summed E-state index contributed by atoms with van der Waals surface area (Å²) in [6.07, 6.45) is 4.74. The van der Waals surface area contributed by atoms with Gasteiger partial charge >= 0.3 is 0 Å². The smallest absolute Gasteiger partial charge is 0.0701 e. The molecule has 0 amide bonds. The van der Waals surface area contributed by atoms with Gasteiger partial charge in [-0.1, -0.05) is 6.92 Å². The third-order valence-corrected chi connectivity index (χ3v) is 2.32. The number of aromatic nitrogens is 1. The Morgan fingerprint density at radius 2 is 1.78 bits per heavy atom. The highest BCUT2D eigenvalue weighted by atomic mass is 16.5. The molecule has 5 nitrogen and oxygen atoms in total. The van der Waals surface area contributed by atoms with Crippen molar-refractivity contribution >= 4 is 11.4 Å². The molecule has 5 heteroatoms. The lowest BCUT2D eigenvalue weighted by Crippen LogP contribution is -2.12. The van der Waals surface area contributed by atoms with Gasteiger partial charge in [0.1, 0.15) is 0 Å². The van der Waals surface area contributed by atoms with Crippen LogP contribution in [0.15, 0.2) is 18.5 Å². The molecule has 0 radical (unpaired) electrons. The molecular formula is C13H23N3O2. The van der Waals surface area contributed by atoms with Gasteiger partial charge in [0.25, 0.3) is 0 Å². The molecule has 0 saturated heterocycles. The van der Waals surface area contributed by atoms with Gasteiger partial charge < -0.3 is 20.1 Å². The summed E-state index contributed by atoms with van der Waals surface area (Å²) in [5.74, 6) is 0. The van der Waals surface area contributed by atoms with E-state index in [0.717, 1.165) is 30.9 Å². The monoisotopic (exact) mass is 253 g/mol. The lowest BCUT2D eigenvalue weighted by molar-refractivity contribution is 0.0759. The fourth-order valence-electron chi connectivity index (χ4n) is 1.41. The highest BCUT2D eigenvalue weighted by Crippen LogP contribution is 2.12. The lowest BCUT2D eigenvalue weighted by atomic mass is 10.3. The number of rotatable bonds is 10.